The van der Waals surface area contributed by atoms with E-state index in [4.69, 9.17) is 10.5 Å². The third-order valence-corrected chi connectivity index (χ3v) is 3.90. The van der Waals surface area contributed by atoms with Crippen LogP contribution in [0.25, 0.3) is 0 Å². The van der Waals surface area contributed by atoms with Crippen LogP contribution in [0, 0.1) is 0 Å². The molecular weight excluding hydrogens is 198 g/mol. The maximum absolute atomic E-state index is 11.2. The Labute approximate surface area is 89.8 Å². The summed E-state index contributed by atoms with van der Waals surface area (Å²) in [4.78, 5) is 11.2. The summed E-state index contributed by atoms with van der Waals surface area (Å²) in [5, 5.41) is 0.718. The van der Waals surface area contributed by atoms with Crippen LogP contribution in [0.4, 0.5) is 0 Å². The number of carbonyl (C=O) groups is 1. The van der Waals surface area contributed by atoms with Gasteiger partial charge in [-0.2, -0.15) is 11.8 Å². The van der Waals surface area contributed by atoms with Gasteiger partial charge in [0.15, 0.2) is 0 Å². The van der Waals surface area contributed by atoms with Crippen molar-refractivity contribution in [1.29, 1.82) is 0 Å². The molecule has 0 bridgehead atoms. The zero-order chi connectivity index (χ0) is 10.4. The molecular formula is C10H19NO2S. The predicted molar refractivity (Wildman–Crippen MR) is 59.3 cm³/mol. The highest BCUT2D eigenvalue weighted by molar-refractivity contribution is 8.00. The molecule has 0 heterocycles. The Bertz CT molecular complexity index is 181. The predicted octanol–water partition coefficient (Wildman–Crippen LogP) is 1.55. The van der Waals surface area contributed by atoms with Gasteiger partial charge in [-0.1, -0.05) is 12.8 Å². The minimum Gasteiger partial charge on any atom is -0.465 e. The summed E-state index contributed by atoms with van der Waals surface area (Å²) in [5.74, 6) is 0.432. The second-order valence-electron chi connectivity index (χ2n) is 3.60. The molecule has 0 amide bonds. The van der Waals surface area contributed by atoms with Gasteiger partial charge in [-0.3, -0.25) is 4.79 Å². The molecule has 0 unspecified atom stereocenters. The van der Waals surface area contributed by atoms with E-state index in [1.165, 1.54) is 25.7 Å². The number of hydrogen-bond acceptors (Lipinski definition) is 4. The van der Waals surface area contributed by atoms with Gasteiger partial charge in [-0.15, -0.1) is 0 Å². The maximum Gasteiger partial charge on any atom is 0.323 e. The van der Waals surface area contributed by atoms with E-state index in [1.54, 1.807) is 6.92 Å². The van der Waals surface area contributed by atoms with E-state index in [-0.39, 0.29) is 5.97 Å². The molecule has 0 aliphatic heterocycles. The molecule has 82 valence electrons. The van der Waals surface area contributed by atoms with Crippen molar-refractivity contribution in [3.63, 3.8) is 0 Å². The first kappa shape index (κ1) is 11.9. The minimum atomic E-state index is -0.444. The van der Waals surface area contributed by atoms with Gasteiger partial charge >= 0.3 is 5.97 Å². The van der Waals surface area contributed by atoms with Gasteiger partial charge in [-0.25, -0.2) is 0 Å². The van der Waals surface area contributed by atoms with E-state index in [2.05, 4.69) is 0 Å². The zero-order valence-corrected chi connectivity index (χ0v) is 9.52. The first-order valence-corrected chi connectivity index (χ1v) is 6.32. The number of thioether (sulfide) groups is 1. The SMILES string of the molecule is CCOC(=O)[C@@H](N)CSC1CCCC1. The Kier molecular flexibility index (Phi) is 5.33. The third kappa shape index (κ3) is 3.88. The van der Waals surface area contributed by atoms with Crippen molar-refractivity contribution in [2.75, 3.05) is 12.4 Å². The van der Waals surface area contributed by atoms with Crippen molar-refractivity contribution in [2.24, 2.45) is 5.73 Å². The van der Waals surface area contributed by atoms with Crippen LogP contribution in [0.2, 0.25) is 0 Å². The highest BCUT2D eigenvalue weighted by Gasteiger charge is 2.20. The van der Waals surface area contributed by atoms with Gasteiger partial charge in [0.25, 0.3) is 0 Å². The number of esters is 1. The summed E-state index contributed by atoms with van der Waals surface area (Å²) in [6, 6.07) is -0.444. The van der Waals surface area contributed by atoms with E-state index in [0.29, 0.717) is 12.4 Å². The lowest BCUT2D eigenvalue weighted by Gasteiger charge is -2.13. The average molecular weight is 217 g/mol. The Morgan fingerprint density at radius 2 is 2.21 bits per heavy atom. The fourth-order valence-electron chi connectivity index (χ4n) is 1.61. The smallest absolute Gasteiger partial charge is 0.323 e. The van der Waals surface area contributed by atoms with Gasteiger partial charge in [-0.05, 0) is 19.8 Å². The minimum absolute atomic E-state index is 0.266. The van der Waals surface area contributed by atoms with E-state index in [0.717, 1.165) is 5.25 Å². The lowest BCUT2D eigenvalue weighted by Crippen LogP contribution is -2.35. The van der Waals surface area contributed by atoms with Gasteiger partial charge in [0.2, 0.25) is 0 Å². The third-order valence-electron chi connectivity index (χ3n) is 2.40. The van der Waals surface area contributed by atoms with Crippen LogP contribution in [0.15, 0.2) is 0 Å². The van der Waals surface area contributed by atoms with E-state index in [9.17, 15) is 4.79 Å². The number of ether oxygens (including phenoxy) is 1. The van der Waals surface area contributed by atoms with Crippen LogP contribution < -0.4 is 5.73 Å². The van der Waals surface area contributed by atoms with Crippen LogP contribution >= 0.6 is 11.8 Å². The molecule has 1 atom stereocenters. The molecule has 0 aromatic carbocycles. The van der Waals surface area contributed by atoms with E-state index < -0.39 is 6.04 Å². The van der Waals surface area contributed by atoms with Gasteiger partial charge < -0.3 is 10.5 Å². The summed E-state index contributed by atoms with van der Waals surface area (Å²) in [7, 11) is 0. The molecule has 0 aromatic rings. The van der Waals surface area contributed by atoms with Crippen LogP contribution in [-0.4, -0.2) is 29.6 Å². The second kappa shape index (κ2) is 6.30. The molecule has 0 saturated heterocycles. The highest BCUT2D eigenvalue weighted by Crippen LogP contribution is 2.29. The lowest BCUT2D eigenvalue weighted by molar-refractivity contribution is -0.144. The molecule has 1 saturated carbocycles. The first-order valence-electron chi connectivity index (χ1n) is 5.28. The first-order chi connectivity index (χ1) is 6.74. The summed E-state index contributed by atoms with van der Waals surface area (Å²) < 4.78 is 4.84. The Balaban J connectivity index is 2.13. The topological polar surface area (TPSA) is 52.3 Å². The van der Waals surface area contributed by atoms with E-state index >= 15 is 0 Å². The number of rotatable bonds is 5. The second-order valence-corrected chi connectivity index (χ2v) is 4.93. The Morgan fingerprint density at radius 1 is 1.57 bits per heavy atom. The maximum atomic E-state index is 11.2. The molecule has 2 N–H and O–H groups in total. The van der Waals surface area contributed by atoms with Crippen LogP contribution in [0.1, 0.15) is 32.6 Å². The molecule has 3 nitrogen and oxygen atoms in total. The van der Waals surface area contributed by atoms with Crippen LogP contribution in [0.5, 0.6) is 0 Å². The quantitative estimate of drug-likeness (QED) is 0.710. The summed E-state index contributed by atoms with van der Waals surface area (Å²) in [5.41, 5.74) is 5.69. The van der Waals surface area contributed by atoms with Gasteiger partial charge in [0.05, 0.1) is 6.61 Å². The van der Waals surface area contributed by atoms with Crippen molar-refractivity contribution in [1.82, 2.24) is 0 Å². The van der Waals surface area contributed by atoms with E-state index in [1.807, 2.05) is 11.8 Å². The van der Waals surface area contributed by atoms with Gasteiger partial charge in [0, 0.05) is 11.0 Å². The van der Waals surface area contributed by atoms with Crippen LogP contribution in [-0.2, 0) is 9.53 Å². The van der Waals surface area contributed by atoms with Crippen molar-refractivity contribution in [3.05, 3.63) is 0 Å². The number of carbonyl (C=O) groups excluding carboxylic acids is 1. The molecule has 14 heavy (non-hydrogen) atoms. The number of hydrogen-bond donors (Lipinski definition) is 1. The average Bonchev–Trinajstić information content (AvgIpc) is 2.67. The Hall–Kier alpha value is -0.220. The van der Waals surface area contributed by atoms with Crippen molar-refractivity contribution in [3.8, 4) is 0 Å². The van der Waals surface area contributed by atoms with Crippen molar-refractivity contribution < 1.29 is 9.53 Å². The van der Waals surface area contributed by atoms with Crippen LogP contribution in [0.3, 0.4) is 0 Å². The lowest BCUT2D eigenvalue weighted by atomic mass is 10.4. The van der Waals surface area contributed by atoms with Crippen molar-refractivity contribution >= 4 is 17.7 Å². The normalized spacial score (nSPS) is 19.6. The summed E-state index contributed by atoms with van der Waals surface area (Å²) in [6.45, 7) is 2.22. The molecule has 1 aliphatic carbocycles. The monoisotopic (exact) mass is 217 g/mol. The fraction of sp³-hybridized carbons (Fsp3) is 0.900. The fourth-order valence-corrected chi connectivity index (χ4v) is 2.89. The molecule has 1 fully saturated rings. The summed E-state index contributed by atoms with van der Waals surface area (Å²) >= 11 is 1.82. The highest BCUT2D eigenvalue weighted by atomic mass is 32.2. The largest absolute Gasteiger partial charge is 0.465 e. The molecule has 0 spiro atoms. The molecule has 0 aromatic heterocycles. The summed E-state index contributed by atoms with van der Waals surface area (Å²) in [6.07, 6.45) is 5.21. The molecule has 4 heteroatoms. The van der Waals surface area contributed by atoms with Gasteiger partial charge in [0.1, 0.15) is 6.04 Å². The van der Waals surface area contributed by atoms with Crippen molar-refractivity contribution in [2.45, 2.75) is 43.9 Å². The molecule has 0 radical (unpaired) electrons. The molecule has 1 rings (SSSR count). The zero-order valence-electron chi connectivity index (χ0n) is 8.70. The number of nitrogens with two attached hydrogens (primary N) is 1. The standard InChI is InChI=1S/C10H19NO2S/c1-2-13-10(12)9(11)7-14-8-5-3-4-6-8/h8-9H,2-7,11H2,1H3/t9-/m0/s1. The Morgan fingerprint density at radius 3 is 2.79 bits per heavy atom. The molecule has 1 aliphatic rings.